The Labute approximate surface area is 102 Å². The van der Waals surface area contributed by atoms with Crippen molar-refractivity contribution in [2.45, 2.75) is 26.2 Å². The van der Waals surface area contributed by atoms with Gasteiger partial charge in [-0.15, -0.1) is 0 Å². The van der Waals surface area contributed by atoms with Crippen molar-refractivity contribution < 1.29 is 0 Å². The van der Waals surface area contributed by atoms with Gasteiger partial charge in [0.15, 0.2) is 5.65 Å². The Morgan fingerprint density at radius 1 is 1.41 bits per heavy atom. The Morgan fingerprint density at radius 3 is 2.76 bits per heavy atom. The van der Waals surface area contributed by atoms with Crippen molar-refractivity contribution in [2.24, 2.45) is 18.7 Å². The molecule has 2 rings (SSSR count). The molecule has 0 saturated heterocycles. The first-order chi connectivity index (χ1) is 8.13. The van der Waals surface area contributed by atoms with E-state index in [0.29, 0.717) is 18.4 Å². The maximum atomic E-state index is 5.87. The highest BCUT2D eigenvalue weighted by molar-refractivity contribution is 5.71. The summed E-state index contributed by atoms with van der Waals surface area (Å²) in [5.41, 5.74) is 7.76. The summed E-state index contributed by atoms with van der Waals surface area (Å²) in [5.74, 6) is 1.99. The van der Waals surface area contributed by atoms with Gasteiger partial charge in [-0.2, -0.15) is 0 Å². The molecule has 1 atom stereocenters. The molecule has 0 amide bonds. The minimum absolute atomic E-state index is 0.314. The number of aromatic nitrogens is 3. The zero-order valence-electron chi connectivity index (χ0n) is 10.7. The Balaban J connectivity index is 2.43. The van der Waals surface area contributed by atoms with Crippen molar-refractivity contribution in [2.75, 3.05) is 6.54 Å². The largest absolute Gasteiger partial charge is 0.330 e. The van der Waals surface area contributed by atoms with E-state index in [0.717, 1.165) is 23.4 Å². The van der Waals surface area contributed by atoms with E-state index in [2.05, 4.69) is 28.4 Å². The molecule has 0 spiro atoms. The number of rotatable bonds is 4. The van der Waals surface area contributed by atoms with E-state index in [1.807, 2.05) is 19.2 Å². The number of aryl methyl sites for hydroxylation is 1. The van der Waals surface area contributed by atoms with E-state index in [9.17, 15) is 0 Å². The number of imidazole rings is 1. The highest BCUT2D eigenvalue weighted by Crippen LogP contribution is 2.24. The molecule has 0 aliphatic carbocycles. The maximum absolute atomic E-state index is 5.87. The zero-order valence-corrected chi connectivity index (χ0v) is 10.7. The lowest BCUT2D eigenvalue weighted by Crippen LogP contribution is -2.18. The molecule has 0 radical (unpaired) electrons. The van der Waals surface area contributed by atoms with E-state index in [1.165, 1.54) is 0 Å². The van der Waals surface area contributed by atoms with Crippen LogP contribution in [0.3, 0.4) is 0 Å². The van der Waals surface area contributed by atoms with Gasteiger partial charge in [-0.1, -0.05) is 13.8 Å². The minimum atomic E-state index is 0.314. The summed E-state index contributed by atoms with van der Waals surface area (Å²) in [5, 5.41) is 0. The molecule has 0 saturated carbocycles. The Morgan fingerprint density at radius 2 is 2.18 bits per heavy atom. The average Bonchev–Trinajstić information content (AvgIpc) is 2.64. The Kier molecular flexibility index (Phi) is 3.43. The van der Waals surface area contributed by atoms with Crippen molar-refractivity contribution in [3.8, 4) is 0 Å². The molecule has 92 valence electrons. The second-order valence-electron chi connectivity index (χ2n) is 4.94. The van der Waals surface area contributed by atoms with Crippen molar-refractivity contribution in [1.29, 1.82) is 0 Å². The molecule has 4 heteroatoms. The molecule has 2 aromatic heterocycles. The van der Waals surface area contributed by atoms with Crippen LogP contribution in [0.5, 0.6) is 0 Å². The molecule has 2 heterocycles. The van der Waals surface area contributed by atoms with Gasteiger partial charge < -0.3 is 10.3 Å². The number of pyridine rings is 1. The number of fused-ring (bicyclic) bond motifs is 1. The van der Waals surface area contributed by atoms with Crippen LogP contribution < -0.4 is 5.73 Å². The molecule has 4 nitrogen and oxygen atoms in total. The average molecular weight is 232 g/mol. The third-order valence-electron chi connectivity index (χ3n) is 3.07. The fourth-order valence-corrected chi connectivity index (χ4v) is 2.28. The summed E-state index contributed by atoms with van der Waals surface area (Å²) < 4.78 is 2.06. The number of hydrogen-bond acceptors (Lipinski definition) is 3. The van der Waals surface area contributed by atoms with Crippen molar-refractivity contribution in [3.05, 3.63) is 24.2 Å². The molecular formula is C13H20N4. The van der Waals surface area contributed by atoms with Gasteiger partial charge in [0, 0.05) is 25.7 Å². The fraction of sp³-hybridized carbons (Fsp3) is 0.538. The van der Waals surface area contributed by atoms with E-state index in [-0.39, 0.29) is 0 Å². The first-order valence-electron chi connectivity index (χ1n) is 6.11. The topological polar surface area (TPSA) is 56.7 Å². The van der Waals surface area contributed by atoms with Gasteiger partial charge in [-0.25, -0.2) is 9.97 Å². The van der Waals surface area contributed by atoms with E-state index < -0.39 is 0 Å². The van der Waals surface area contributed by atoms with Crippen molar-refractivity contribution in [3.63, 3.8) is 0 Å². The zero-order chi connectivity index (χ0) is 12.4. The minimum Gasteiger partial charge on any atom is -0.330 e. The summed E-state index contributed by atoms with van der Waals surface area (Å²) in [6.07, 6.45) is 2.86. The molecule has 0 aliphatic heterocycles. The van der Waals surface area contributed by atoms with E-state index >= 15 is 0 Å². The van der Waals surface area contributed by atoms with Crippen molar-refractivity contribution >= 4 is 11.2 Å². The summed E-state index contributed by atoms with van der Waals surface area (Å²) in [6.45, 7) is 5.06. The molecule has 0 fully saturated rings. The number of hydrogen-bond donors (Lipinski definition) is 1. The van der Waals surface area contributed by atoms with Gasteiger partial charge in [0.25, 0.3) is 0 Å². The molecule has 0 aliphatic rings. The molecule has 2 aromatic rings. The van der Waals surface area contributed by atoms with Crippen LogP contribution in [-0.4, -0.2) is 21.1 Å². The van der Waals surface area contributed by atoms with Crippen LogP contribution in [0.25, 0.3) is 11.2 Å². The number of nitrogens with two attached hydrogens (primary N) is 1. The summed E-state index contributed by atoms with van der Waals surface area (Å²) in [6, 6.07) is 3.91. The third-order valence-corrected chi connectivity index (χ3v) is 3.07. The lowest BCUT2D eigenvalue weighted by molar-refractivity contribution is 0.480. The molecule has 0 bridgehead atoms. The fourth-order valence-electron chi connectivity index (χ4n) is 2.28. The van der Waals surface area contributed by atoms with Crippen LogP contribution in [-0.2, 0) is 7.05 Å². The van der Waals surface area contributed by atoms with E-state index in [4.69, 9.17) is 5.73 Å². The lowest BCUT2D eigenvalue weighted by Gasteiger charge is -2.16. The monoisotopic (exact) mass is 232 g/mol. The van der Waals surface area contributed by atoms with Gasteiger partial charge in [0.1, 0.15) is 11.3 Å². The van der Waals surface area contributed by atoms with Gasteiger partial charge >= 0.3 is 0 Å². The predicted molar refractivity (Wildman–Crippen MR) is 69.8 cm³/mol. The summed E-state index contributed by atoms with van der Waals surface area (Å²) in [7, 11) is 2.01. The second kappa shape index (κ2) is 4.84. The first kappa shape index (κ1) is 12.0. The molecule has 2 N–H and O–H groups in total. The number of nitrogens with zero attached hydrogens (tertiary/aromatic N) is 3. The molecule has 17 heavy (non-hydrogen) atoms. The highest BCUT2D eigenvalue weighted by atomic mass is 15.1. The normalized spacial score (nSPS) is 13.5. The van der Waals surface area contributed by atoms with Crippen LogP contribution in [0.4, 0.5) is 0 Å². The Bertz CT molecular complexity index is 501. The highest BCUT2D eigenvalue weighted by Gasteiger charge is 2.18. The molecule has 1 unspecified atom stereocenters. The Hall–Kier alpha value is -1.42. The van der Waals surface area contributed by atoms with Crippen LogP contribution in [0.15, 0.2) is 18.3 Å². The SMILES string of the molecule is CC(C)CC(CN)c1nc2cccnc2n1C. The van der Waals surface area contributed by atoms with E-state index in [1.54, 1.807) is 6.20 Å². The predicted octanol–water partition coefficient (Wildman–Crippen LogP) is 2.06. The quantitative estimate of drug-likeness (QED) is 0.877. The van der Waals surface area contributed by atoms with Gasteiger partial charge in [0.05, 0.1) is 0 Å². The van der Waals surface area contributed by atoms with Crippen LogP contribution in [0, 0.1) is 5.92 Å². The maximum Gasteiger partial charge on any atom is 0.159 e. The smallest absolute Gasteiger partial charge is 0.159 e. The lowest BCUT2D eigenvalue weighted by atomic mass is 9.96. The summed E-state index contributed by atoms with van der Waals surface area (Å²) in [4.78, 5) is 9.01. The van der Waals surface area contributed by atoms with Crippen LogP contribution in [0.2, 0.25) is 0 Å². The first-order valence-corrected chi connectivity index (χ1v) is 6.11. The van der Waals surface area contributed by atoms with Gasteiger partial charge in [-0.3, -0.25) is 0 Å². The van der Waals surface area contributed by atoms with Gasteiger partial charge in [0.2, 0.25) is 0 Å². The molecule has 0 aromatic carbocycles. The summed E-state index contributed by atoms with van der Waals surface area (Å²) >= 11 is 0. The van der Waals surface area contributed by atoms with Crippen LogP contribution >= 0.6 is 0 Å². The van der Waals surface area contributed by atoms with Gasteiger partial charge in [-0.05, 0) is 24.5 Å². The van der Waals surface area contributed by atoms with Crippen molar-refractivity contribution in [1.82, 2.24) is 14.5 Å². The molecular weight excluding hydrogens is 212 g/mol. The van der Waals surface area contributed by atoms with Crippen LogP contribution in [0.1, 0.15) is 32.0 Å². The standard InChI is InChI=1S/C13H20N4/c1-9(2)7-10(8-14)12-16-11-5-4-6-15-13(11)17(12)3/h4-6,9-10H,7-8,14H2,1-3H3. The third kappa shape index (κ3) is 2.31. The second-order valence-corrected chi connectivity index (χ2v) is 4.94.